The van der Waals surface area contributed by atoms with Crippen LogP contribution in [0.3, 0.4) is 0 Å². The molecule has 0 aliphatic heterocycles. The van der Waals surface area contributed by atoms with E-state index in [1.165, 1.54) is 11.1 Å². The Labute approximate surface area is 104 Å². The molecule has 4 N–H and O–H groups in total. The first-order chi connectivity index (χ1) is 8.13. The highest BCUT2D eigenvalue weighted by Crippen LogP contribution is 2.22. The van der Waals surface area contributed by atoms with Crippen molar-refractivity contribution in [3.8, 4) is 0 Å². The molecule has 17 heavy (non-hydrogen) atoms. The summed E-state index contributed by atoms with van der Waals surface area (Å²) < 4.78 is 0. The van der Waals surface area contributed by atoms with Crippen molar-refractivity contribution in [1.82, 2.24) is 9.97 Å². The number of hydrogen-bond acceptors (Lipinski definition) is 5. The Kier molecular flexibility index (Phi) is 3.49. The van der Waals surface area contributed by atoms with Gasteiger partial charge in [-0.3, -0.25) is 0 Å². The molecule has 0 atom stereocenters. The molecule has 4 nitrogen and oxygen atoms in total. The third-order valence-corrected chi connectivity index (χ3v) is 3.19. The van der Waals surface area contributed by atoms with E-state index >= 15 is 0 Å². The Bertz CT molecular complexity index is 507. The molecule has 1 aromatic heterocycles. The minimum Gasteiger partial charge on any atom is -0.383 e. The number of aryl methyl sites for hydroxylation is 1. The number of hydrogen-bond donors (Lipinski definition) is 2. The molecule has 0 amide bonds. The molecule has 0 aliphatic carbocycles. The number of rotatable bonds is 3. The van der Waals surface area contributed by atoms with Crippen molar-refractivity contribution in [1.29, 1.82) is 0 Å². The summed E-state index contributed by atoms with van der Waals surface area (Å²) in [6.07, 6.45) is 0. The normalized spacial score (nSPS) is 10.4. The van der Waals surface area contributed by atoms with E-state index in [0.29, 0.717) is 5.82 Å². The van der Waals surface area contributed by atoms with E-state index in [9.17, 15) is 0 Å². The van der Waals surface area contributed by atoms with Gasteiger partial charge in [-0.05, 0) is 12.5 Å². The van der Waals surface area contributed by atoms with Crippen molar-refractivity contribution in [3.05, 3.63) is 41.5 Å². The fourth-order valence-electron chi connectivity index (χ4n) is 1.49. The molecule has 88 valence electrons. The summed E-state index contributed by atoms with van der Waals surface area (Å²) in [5.74, 6) is 1.47. The monoisotopic (exact) mass is 246 g/mol. The van der Waals surface area contributed by atoms with E-state index in [0.717, 1.165) is 10.8 Å². The Morgan fingerprint density at radius 1 is 1.18 bits per heavy atom. The molecule has 1 heterocycles. The van der Waals surface area contributed by atoms with Gasteiger partial charge in [-0.25, -0.2) is 4.98 Å². The lowest BCUT2D eigenvalue weighted by Gasteiger charge is -2.04. The van der Waals surface area contributed by atoms with Crippen molar-refractivity contribution >= 4 is 23.5 Å². The van der Waals surface area contributed by atoms with Crippen molar-refractivity contribution in [3.63, 3.8) is 0 Å². The van der Waals surface area contributed by atoms with Gasteiger partial charge in [0, 0.05) is 11.8 Å². The van der Waals surface area contributed by atoms with Crippen molar-refractivity contribution in [2.75, 3.05) is 11.5 Å². The van der Waals surface area contributed by atoms with E-state index in [1.807, 2.05) is 6.07 Å². The Morgan fingerprint density at radius 2 is 2.00 bits per heavy atom. The van der Waals surface area contributed by atoms with E-state index in [4.69, 9.17) is 11.5 Å². The molecule has 0 spiro atoms. The molecule has 2 aromatic rings. The maximum Gasteiger partial charge on any atom is 0.223 e. The number of thioether (sulfide) groups is 1. The maximum atomic E-state index is 5.61. The zero-order valence-electron chi connectivity index (χ0n) is 9.55. The van der Waals surface area contributed by atoms with Crippen LogP contribution in [0.25, 0.3) is 0 Å². The Balaban J connectivity index is 2.07. The van der Waals surface area contributed by atoms with Crippen LogP contribution in [0.15, 0.2) is 35.4 Å². The minimum atomic E-state index is 0.219. The van der Waals surface area contributed by atoms with Crippen LogP contribution in [-0.4, -0.2) is 9.97 Å². The predicted molar refractivity (Wildman–Crippen MR) is 71.6 cm³/mol. The lowest BCUT2D eigenvalue weighted by molar-refractivity contribution is 1.07. The number of nitrogens with two attached hydrogens (primary N) is 2. The van der Waals surface area contributed by atoms with E-state index in [-0.39, 0.29) is 5.95 Å². The quantitative estimate of drug-likeness (QED) is 0.641. The van der Waals surface area contributed by atoms with Crippen molar-refractivity contribution < 1.29 is 0 Å². The molecule has 5 heteroatoms. The van der Waals surface area contributed by atoms with Crippen LogP contribution >= 0.6 is 11.8 Å². The summed E-state index contributed by atoms with van der Waals surface area (Å²) in [6.45, 7) is 2.08. The second-order valence-corrected chi connectivity index (χ2v) is 4.76. The van der Waals surface area contributed by atoms with Gasteiger partial charge in [0.15, 0.2) is 0 Å². The van der Waals surface area contributed by atoms with Crippen molar-refractivity contribution in [2.24, 2.45) is 0 Å². The summed E-state index contributed by atoms with van der Waals surface area (Å²) in [7, 11) is 0. The van der Waals surface area contributed by atoms with E-state index < -0.39 is 0 Å². The number of nitrogen functional groups attached to an aromatic ring is 2. The zero-order chi connectivity index (χ0) is 12.3. The smallest absolute Gasteiger partial charge is 0.223 e. The van der Waals surface area contributed by atoms with Gasteiger partial charge < -0.3 is 11.5 Å². The molecule has 0 saturated carbocycles. The third kappa shape index (κ3) is 3.35. The highest BCUT2D eigenvalue weighted by Gasteiger charge is 2.01. The van der Waals surface area contributed by atoms with Gasteiger partial charge in [0.2, 0.25) is 5.95 Å². The summed E-state index contributed by atoms with van der Waals surface area (Å²) in [6, 6.07) is 10.1. The van der Waals surface area contributed by atoms with Crippen LogP contribution < -0.4 is 11.5 Å². The molecule has 0 radical (unpaired) electrons. The number of anilines is 2. The van der Waals surface area contributed by atoms with E-state index in [2.05, 4.69) is 35.1 Å². The van der Waals surface area contributed by atoms with Crippen molar-refractivity contribution in [2.45, 2.75) is 17.7 Å². The fraction of sp³-hybridized carbons (Fsp3) is 0.167. The van der Waals surface area contributed by atoms with Gasteiger partial charge in [-0.2, -0.15) is 4.98 Å². The topological polar surface area (TPSA) is 77.8 Å². The average Bonchev–Trinajstić information content (AvgIpc) is 2.25. The first kappa shape index (κ1) is 11.7. The SMILES string of the molecule is Cc1cccc(CSc2cc(N)nc(N)n2)c1. The molecular weight excluding hydrogens is 232 g/mol. The molecule has 0 fully saturated rings. The van der Waals surface area contributed by atoms with Gasteiger partial charge in [-0.15, -0.1) is 11.8 Å². The second-order valence-electron chi connectivity index (χ2n) is 3.77. The van der Waals surface area contributed by atoms with Gasteiger partial charge in [0.05, 0.1) is 0 Å². The summed E-state index contributed by atoms with van der Waals surface area (Å²) in [5.41, 5.74) is 13.7. The summed E-state index contributed by atoms with van der Waals surface area (Å²) in [4.78, 5) is 7.96. The first-order valence-electron chi connectivity index (χ1n) is 5.22. The predicted octanol–water partition coefficient (Wildman–Crippen LogP) is 2.24. The van der Waals surface area contributed by atoms with Crippen LogP contribution in [0, 0.1) is 6.92 Å². The Morgan fingerprint density at radius 3 is 2.71 bits per heavy atom. The van der Waals surface area contributed by atoms with Gasteiger partial charge in [0.1, 0.15) is 10.8 Å². The zero-order valence-corrected chi connectivity index (χ0v) is 10.4. The molecule has 0 unspecified atom stereocenters. The molecule has 0 bridgehead atoms. The van der Waals surface area contributed by atoms with Crippen LogP contribution in [0.1, 0.15) is 11.1 Å². The second kappa shape index (κ2) is 5.05. The first-order valence-corrected chi connectivity index (χ1v) is 6.20. The standard InChI is InChI=1S/C12H14N4S/c1-8-3-2-4-9(5-8)7-17-11-6-10(13)15-12(14)16-11/h2-6H,7H2,1H3,(H4,13,14,15,16). The fourth-order valence-corrected chi connectivity index (χ4v) is 2.35. The average molecular weight is 246 g/mol. The molecular formula is C12H14N4S. The lowest BCUT2D eigenvalue weighted by Crippen LogP contribution is -2.00. The van der Waals surface area contributed by atoms with Gasteiger partial charge >= 0.3 is 0 Å². The number of aromatic nitrogens is 2. The van der Waals surface area contributed by atoms with Crippen LogP contribution in [-0.2, 0) is 5.75 Å². The maximum absolute atomic E-state index is 5.61. The Hall–Kier alpha value is -1.75. The molecule has 1 aromatic carbocycles. The molecule has 0 saturated heterocycles. The van der Waals surface area contributed by atoms with Gasteiger partial charge in [-0.1, -0.05) is 29.8 Å². The largest absolute Gasteiger partial charge is 0.383 e. The molecule has 0 aliphatic rings. The molecule has 2 rings (SSSR count). The highest BCUT2D eigenvalue weighted by atomic mass is 32.2. The summed E-state index contributed by atoms with van der Waals surface area (Å²) >= 11 is 1.60. The lowest BCUT2D eigenvalue weighted by atomic mass is 10.2. The third-order valence-electron chi connectivity index (χ3n) is 2.21. The summed E-state index contributed by atoms with van der Waals surface area (Å²) in [5, 5.41) is 0.802. The minimum absolute atomic E-state index is 0.219. The van der Waals surface area contributed by atoms with Crippen LogP contribution in [0.2, 0.25) is 0 Å². The number of benzene rings is 1. The van der Waals surface area contributed by atoms with Gasteiger partial charge in [0.25, 0.3) is 0 Å². The van der Waals surface area contributed by atoms with Crippen LogP contribution in [0.4, 0.5) is 11.8 Å². The number of nitrogens with zero attached hydrogens (tertiary/aromatic N) is 2. The van der Waals surface area contributed by atoms with E-state index in [1.54, 1.807) is 17.8 Å². The van der Waals surface area contributed by atoms with Crippen LogP contribution in [0.5, 0.6) is 0 Å². The highest BCUT2D eigenvalue weighted by molar-refractivity contribution is 7.98.